The number of hydrogen-bond donors (Lipinski definition) is 1. The van der Waals surface area contributed by atoms with Gasteiger partial charge < -0.3 is 9.88 Å². The van der Waals surface area contributed by atoms with E-state index < -0.39 is 0 Å². The molecule has 0 radical (unpaired) electrons. The van der Waals surface area contributed by atoms with Crippen LogP contribution >= 0.6 is 0 Å². The lowest BCUT2D eigenvalue weighted by Crippen LogP contribution is -2.50. The first-order valence-electron chi connectivity index (χ1n) is 8.47. The van der Waals surface area contributed by atoms with Crippen LogP contribution in [0.5, 0.6) is 0 Å². The number of imidazole rings is 1. The lowest BCUT2D eigenvalue weighted by atomic mass is 9.96. The molecule has 5 nitrogen and oxygen atoms in total. The molecule has 1 saturated heterocycles. The second-order valence-corrected chi connectivity index (χ2v) is 6.24. The van der Waals surface area contributed by atoms with E-state index in [4.69, 9.17) is 0 Å². The van der Waals surface area contributed by atoms with Gasteiger partial charge in [0, 0.05) is 38.4 Å². The highest BCUT2D eigenvalue weighted by molar-refractivity contribution is 5.79. The van der Waals surface area contributed by atoms with Crippen molar-refractivity contribution in [1.82, 2.24) is 19.8 Å². The van der Waals surface area contributed by atoms with E-state index in [1.807, 2.05) is 11.1 Å². The topological polar surface area (TPSA) is 52.2 Å². The van der Waals surface area contributed by atoms with Crippen molar-refractivity contribution in [3.05, 3.63) is 29.9 Å². The number of allylic oxidation sites excluding steroid dienone is 1. The van der Waals surface area contributed by atoms with E-state index >= 15 is 0 Å². The molecule has 0 aromatic carbocycles. The van der Waals surface area contributed by atoms with Crippen molar-refractivity contribution < 1.29 is 4.79 Å². The predicted octanol–water partition coefficient (Wildman–Crippen LogP) is 2.51. The van der Waals surface area contributed by atoms with Gasteiger partial charge in [-0.1, -0.05) is 18.6 Å². The molecule has 3 rings (SSSR count). The molecular weight excluding hydrogens is 276 g/mol. The number of aromatic nitrogens is 2. The first-order chi connectivity index (χ1) is 10.8. The summed E-state index contributed by atoms with van der Waals surface area (Å²) >= 11 is 0. The summed E-state index contributed by atoms with van der Waals surface area (Å²) in [7, 11) is 0. The van der Waals surface area contributed by atoms with E-state index in [0.29, 0.717) is 6.42 Å². The van der Waals surface area contributed by atoms with Crippen LogP contribution < -0.4 is 0 Å². The molecule has 1 aliphatic heterocycles. The molecule has 0 spiro atoms. The van der Waals surface area contributed by atoms with E-state index in [1.165, 1.54) is 18.4 Å². The van der Waals surface area contributed by atoms with Gasteiger partial charge in [0.15, 0.2) is 0 Å². The lowest BCUT2D eigenvalue weighted by Gasteiger charge is -2.40. The summed E-state index contributed by atoms with van der Waals surface area (Å²) in [5.41, 5.74) is 1.34. The summed E-state index contributed by atoms with van der Waals surface area (Å²) in [6.07, 6.45) is 11.3. The third-order valence-electron chi connectivity index (χ3n) is 4.85. The quantitative estimate of drug-likeness (QED) is 0.870. The van der Waals surface area contributed by atoms with Crippen LogP contribution in [0.25, 0.3) is 0 Å². The standard InChI is InChI=1S/C17H26N4O/c1-2-20-10-11-21(13-15(20)17-18-8-9-19-17)16(22)12-14-6-4-3-5-7-14/h6,8-9,15H,2-5,7,10-13H2,1H3,(H,18,19)/t15-/m1/s1. The number of nitrogens with one attached hydrogen (secondary N) is 1. The zero-order chi connectivity index (χ0) is 15.4. The summed E-state index contributed by atoms with van der Waals surface area (Å²) in [6, 6.07) is 0.193. The fraction of sp³-hybridized carbons (Fsp3) is 0.647. The summed E-state index contributed by atoms with van der Waals surface area (Å²) in [5.74, 6) is 1.25. The van der Waals surface area contributed by atoms with Crippen molar-refractivity contribution in [2.75, 3.05) is 26.2 Å². The Labute approximate surface area is 132 Å². The van der Waals surface area contributed by atoms with Gasteiger partial charge in [-0.3, -0.25) is 9.69 Å². The van der Waals surface area contributed by atoms with Gasteiger partial charge in [0.1, 0.15) is 5.82 Å². The molecule has 1 atom stereocenters. The minimum absolute atomic E-state index is 0.193. The third-order valence-corrected chi connectivity index (χ3v) is 4.85. The molecular formula is C17H26N4O. The van der Waals surface area contributed by atoms with Crippen LogP contribution in [0.3, 0.4) is 0 Å². The highest BCUT2D eigenvalue weighted by Gasteiger charge is 2.31. The van der Waals surface area contributed by atoms with Gasteiger partial charge >= 0.3 is 0 Å². The van der Waals surface area contributed by atoms with Crippen LogP contribution in [0.2, 0.25) is 0 Å². The number of nitrogens with zero attached hydrogens (tertiary/aromatic N) is 3. The number of amides is 1. The molecule has 0 saturated carbocycles. The van der Waals surface area contributed by atoms with E-state index in [9.17, 15) is 4.79 Å². The smallest absolute Gasteiger partial charge is 0.226 e. The van der Waals surface area contributed by atoms with Gasteiger partial charge in [0.25, 0.3) is 0 Å². The Kier molecular flexibility index (Phi) is 4.93. The predicted molar refractivity (Wildman–Crippen MR) is 86.3 cm³/mol. The molecule has 1 N–H and O–H groups in total. The molecule has 1 amide bonds. The molecule has 1 fully saturated rings. The maximum absolute atomic E-state index is 12.6. The molecule has 22 heavy (non-hydrogen) atoms. The Morgan fingerprint density at radius 1 is 1.41 bits per heavy atom. The number of H-pyrrole nitrogens is 1. The van der Waals surface area contributed by atoms with Crippen LogP contribution in [0, 0.1) is 0 Å². The number of aromatic amines is 1. The van der Waals surface area contributed by atoms with Crippen molar-refractivity contribution in [2.45, 2.75) is 45.1 Å². The SMILES string of the molecule is CCN1CCN(C(=O)CC2=CCCCC2)C[C@@H]1c1ncc[nH]1. The molecule has 2 heterocycles. The highest BCUT2D eigenvalue weighted by Crippen LogP contribution is 2.25. The zero-order valence-corrected chi connectivity index (χ0v) is 13.4. The molecule has 2 aliphatic rings. The number of piperazine rings is 1. The molecule has 120 valence electrons. The fourth-order valence-electron chi connectivity index (χ4n) is 3.52. The fourth-order valence-corrected chi connectivity index (χ4v) is 3.52. The zero-order valence-electron chi connectivity index (χ0n) is 13.4. The van der Waals surface area contributed by atoms with Gasteiger partial charge in [-0.15, -0.1) is 0 Å². The highest BCUT2D eigenvalue weighted by atomic mass is 16.2. The molecule has 1 aromatic rings. The Morgan fingerprint density at radius 3 is 3.00 bits per heavy atom. The van der Waals surface area contributed by atoms with Gasteiger partial charge in [0.05, 0.1) is 6.04 Å². The number of hydrogen-bond acceptors (Lipinski definition) is 3. The summed E-state index contributed by atoms with van der Waals surface area (Å²) in [5, 5.41) is 0. The summed E-state index contributed by atoms with van der Waals surface area (Å²) in [6.45, 7) is 5.65. The van der Waals surface area contributed by atoms with Crippen LogP contribution in [0.4, 0.5) is 0 Å². The van der Waals surface area contributed by atoms with Crippen LogP contribution in [-0.4, -0.2) is 51.9 Å². The second kappa shape index (κ2) is 7.09. The van der Waals surface area contributed by atoms with E-state index in [1.54, 1.807) is 6.20 Å². The first-order valence-corrected chi connectivity index (χ1v) is 8.47. The van der Waals surface area contributed by atoms with Gasteiger partial charge in [-0.2, -0.15) is 0 Å². The molecule has 5 heteroatoms. The lowest BCUT2D eigenvalue weighted by molar-refractivity contribution is -0.133. The monoisotopic (exact) mass is 302 g/mol. The minimum Gasteiger partial charge on any atom is -0.347 e. The maximum atomic E-state index is 12.6. The normalized spacial score (nSPS) is 23.4. The molecule has 1 aliphatic carbocycles. The van der Waals surface area contributed by atoms with Crippen molar-refractivity contribution in [1.29, 1.82) is 0 Å². The number of carbonyl (C=O) groups excluding carboxylic acids is 1. The number of likely N-dealkylation sites (N-methyl/N-ethyl adjacent to an activating group) is 1. The van der Waals surface area contributed by atoms with Crippen LogP contribution in [-0.2, 0) is 4.79 Å². The average molecular weight is 302 g/mol. The third kappa shape index (κ3) is 3.40. The maximum Gasteiger partial charge on any atom is 0.226 e. The van der Waals surface area contributed by atoms with Gasteiger partial charge in [-0.25, -0.2) is 4.98 Å². The van der Waals surface area contributed by atoms with Crippen molar-refractivity contribution >= 4 is 5.91 Å². The Balaban J connectivity index is 1.64. The number of rotatable bonds is 4. The Bertz CT molecular complexity index is 523. The largest absolute Gasteiger partial charge is 0.347 e. The Hall–Kier alpha value is -1.62. The molecule has 0 bridgehead atoms. The van der Waals surface area contributed by atoms with E-state index in [0.717, 1.165) is 44.8 Å². The Morgan fingerprint density at radius 2 is 2.32 bits per heavy atom. The van der Waals surface area contributed by atoms with Crippen molar-refractivity contribution in [2.24, 2.45) is 0 Å². The summed E-state index contributed by atoms with van der Waals surface area (Å²) < 4.78 is 0. The first kappa shape index (κ1) is 15.3. The summed E-state index contributed by atoms with van der Waals surface area (Å²) in [4.78, 5) is 24.6. The van der Waals surface area contributed by atoms with E-state index in [2.05, 4.69) is 27.9 Å². The van der Waals surface area contributed by atoms with Crippen LogP contribution in [0.15, 0.2) is 24.0 Å². The van der Waals surface area contributed by atoms with Crippen molar-refractivity contribution in [3.63, 3.8) is 0 Å². The second-order valence-electron chi connectivity index (χ2n) is 6.24. The van der Waals surface area contributed by atoms with Gasteiger partial charge in [0.2, 0.25) is 5.91 Å². The van der Waals surface area contributed by atoms with Crippen LogP contribution in [0.1, 0.15) is 50.9 Å². The average Bonchev–Trinajstić information content (AvgIpc) is 3.09. The van der Waals surface area contributed by atoms with E-state index in [-0.39, 0.29) is 11.9 Å². The molecule has 1 aromatic heterocycles. The number of carbonyl (C=O) groups is 1. The van der Waals surface area contributed by atoms with Crippen molar-refractivity contribution in [3.8, 4) is 0 Å². The minimum atomic E-state index is 0.193. The van der Waals surface area contributed by atoms with Gasteiger partial charge in [-0.05, 0) is 32.2 Å². The molecule has 0 unspecified atom stereocenters.